The van der Waals surface area contributed by atoms with E-state index in [-0.39, 0.29) is 6.61 Å². The summed E-state index contributed by atoms with van der Waals surface area (Å²) in [5.74, 6) is -0.720. The Morgan fingerprint density at radius 1 is 1.00 bits per heavy atom. The SMILES string of the molecule is CCc1ccc(OCc2cc(F)cc(F)c2)c(N)c1. The molecule has 0 atom stereocenters. The zero-order chi connectivity index (χ0) is 13.8. The lowest BCUT2D eigenvalue weighted by molar-refractivity contribution is 0.306. The van der Waals surface area contributed by atoms with Crippen LogP contribution in [-0.4, -0.2) is 0 Å². The van der Waals surface area contributed by atoms with Crippen molar-refractivity contribution in [1.29, 1.82) is 0 Å². The molecule has 0 fully saturated rings. The van der Waals surface area contributed by atoms with Gasteiger partial charge in [-0.2, -0.15) is 0 Å². The fourth-order valence-corrected chi connectivity index (χ4v) is 1.80. The Morgan fingerprint density at radius 2 is 1.68 bits per heavy atom. The largest absolute Gasteiger partial charge is 0.487 e. The molecule has 0 aromatic heterocycles. The Bertz CT molecular complexity index is 564. The number of benzene rings is 2. The van der Waals surface area contributed by atoms with E-state index in [1.54, 1.807) is 6.07 Å². The maximum Gasteiger partial charge on any atom is 0.142 e. The van der Waals surface area contributed by atoms with E-state index in [0.29, 0.717) is 17.0 Å². The van der Waals surface area contributed by atoms with Gasteiger partial charge in [0.25, 0.3) is 0 Å². The van der Waals surface area contributed by atoms with E-state index < -0.39 is 11.6 Å². The summed E-state index contributed by atoms with van der Waals surface area (Å²) in [7, 11) is 0. The summed E-state index contributed by atoms with van der Waals surface area (Å²) in [6, 6.07) is 8.82. The van der Waals surface area contributed by atoms with Crippen LogP contribution in [0.5, 0.6) is 5.75 Å². The summed E-state index contributed by atoms with van der Waals surface area (Å²) in [4.78, 5) is 0. The van der Waals surface area contributed by atoms with Crippen LogP contribution in [0.25, 0.3) is 0 Å². The van der Waals surface area contributed by atoms with Gasteiger partial charge in [0.05, 0.1) is 5.69 Å². The third-order valence-electron chi connectivity index (χ3n) is 2.80. The first-order valence-corrected chi connectivity index (χ1v) is 6.04. The smallest absolute Gasteiger partial charge is 0.142 e. The minimum Gasteiger partial charge on any atom is -0.487 e. The number of rotatable bonds is 4. The molecule has 0 aliphatic rings. The third-order valence-corrected chi connectivity index (χ3v) is 2.80. The van der Waals surface area contributed by atoms with Gasteiger partial charge in [-0.05, 0) is 41.8 Å². The summed E-state index contributed by atoms with van der Waals surface area (Å²) in [6.45, 7) is 2.11. The van der Waals surface area contributed by atoms with Gasteiger partial charge in [-0.25, -0.2) is 8.78 Å². The van der Waals surface area contributed by atoms with Gasteiger partial charge in [0.15, 0.2) is 0 Å². The second-order valence-corrected chi connectivity index (χ2v) is 4.29. The lowest BCUT2D eigenvalue weighted by Crippen LogP contribution is -2.00. The van der Waals surface area contributed by atoms with Crippen LogP contribution in [0.3, 0.4) is 0 Å². The lowest BCUT2D eigenvalue weighted by atomic mass is 10.1. The van der Waals surface area contributed by atoms with Crippen LogP contribution in [0.4, 0.5) is 14.5 Å². The van der Waals surface area contributed by atoms with Crippen molar-refractivity contribution in [3.05, 3.63) is 59.2 Å². The van der Waals surface area contributed by atoms with Crippen molar-refractivity contribution < 1.29 is 13.5 Å². The number of nitrogens with two attached hydrogens (primary N) is 1. The van der Waals surface area contributed by atoms with Crippen LogP contribution in [0, 0.1) is 11.6 Å². The molecule has 0 heterocycles. The van der Waals surface area contributed by atoms with Crippen LogP contribution < -0.4 is 10.5 Å². The van der Waals surface area contributed by atoms with Crippen molar-refractivity contribution in [2.75, 3.05) is 5.73 Å². The van der Waals surface area contributed by atoms with Crippen LogP contribution >= 0.6 is 0 Å². The Kier molecular flexibility index (Phi) is 4.00. The monoisotopic (exact) mass is 263 g/mol. The van der Waals surface area contributed by atoms with Crippen molar-refractivity contribution in [3.63, 3.8) is 0 Å². The number of nitrogen functional groups attached to an aromatic ring is 1. The quantitative estimate of drug-likeness (QED) is 0.854. The van der Waals surface area contributed by atoms with Gasteiger partial charge in [0.2, 0.25) is 0 Å². The highest BCUT2D eigenvalue weighted by Gasteiger charge is 2.04. The van der Waals surface area contributed by atoms with E-state index in [4.69, 9.17) is 10.5 Å². The highest BCUT2D eigenvalue weighted by molar-refractivity contribution is 5.54. The van der Waals surface area contributed by atoms with Gasteiger partial charge < -0.3 is 10.5 Å². The fraction of sp³-hybridized carbons (Fsp3) is 0.200. The fourth-order valence-electron chi connectivity index (χ4n) is 1.80. The van der Waals surface area contributed by atoms with Gasteiger partial charge in [-0.15, -0.1) is 0 Å². The van der Waals surface area contributed by atoms with E-state index in [9.17, 15) is 8.78 Å². The van der Waals surface area contributed by atoms with Crippen molar-refractivity contribution >= 4 is 5.69 Å². The number of halogens is 2. The number of anilines is 1. The molecule has 0 saturated carbocycles. The Morgan fingerprint density at radius 3 is 2.26 bits per heavy atom. The maximum atomic E-state index is 13.0. The minimum absolute atomic E-state index is 0.0738. The van der Waals surface area contributed by atoms with E-state index in [0.717, 1.165) is 18.1 Å². The molecule has 0 spiro atoms. The summed E-state index contributed by atoms with van der Waals surface area (Å²) in [5.41, 5.74) is 7.91. The molecular weight excluding hydrogens is 248 g/mol. The third kappa shape index (κ3) is 3.44. The zero-order valence-electron chi connectivity index (χ0n) is 10.6. The average molecular weight is 263 g/mol. The normalized spacial score (nSPS) is 10.5. The molecule has 4 heteroatoms. The van der Waals surface area contributed by atoms with Crippen molar-refractivity contribution in [2.45, 2.75) is 20.0 Å². The molecule has 2 nitrogen and oxygen atoms in total. The highest BCUT2D eigenvalue weighted by atomic mass is 19.1. The maximum absolute atomic E-state index is 13.0. The molecule has 0 unspecified atom stereocenters. The first-order chi connectivity index (χ1) is 9.08. The van der Waals surface area contributed by atoms with Crippen LogP contribution in [-0.2, 0) is 13.0 Å². The molecule has 2 N–H and O–H groups in total. The first-order valence-electron chi connectivity index (χ1n) is 6.04. The second kappa shape index (κ2) is 5.69. The Balaban J connectivity index is 2.10. The molecule has 2 aromatic rings. The molecule has 2 aromatic carbocycles. The Labute approximate surface area is 110 Å². The van der Waals surface area contributed by atoms with E-state index in [2.05, 4.69) is 0 Å². The van der Waals surface area contributed by atoms with E-state index in [1.165, 1.54) is 12.1 Å². The van der Waals surface area contributed by atoms with Crippen LogP contribution in [0.1, 0.15) is 18.1 Å². The van der Waals surface area contributed by atoms with Crippen molar-refractivity contribution in [2.24, 2.45) is 0 Å². The molecule has 100 valence electrons. The number of hydrogen-bond donors (Lipinski definition) is 1. The van der Waals surface area contributed by atoms with Gasteiger partial charge >= 0.3 is 0 Å². The molecule has 0 radical (unpaired) electrons. The predicted molar refractivity (Wildman–Crippen MR) is 70.9 cm³/mol. The summed E-state index contributed by atoms with van der Waals surface area (Å²) < 4.78 is 31.5. The van der Waals surface area contributed by atoms with Crippen molar-refractivity contribution in [1.82, 2.24) is 0 Å². The number of hydrogen-bond acceptors (Lipinski definition) is 2. The van der Waals surface area contributed by atoms with Crippen LogP contribution in [0.15, 0.2) is 36.4 Å². The molecule has 19 heavy (non-hydrogen) atoms. The van der Waals surface area contributed by atoms with E-state index in [1.807, 2.05) is 19.1 Å². The Hall–Kier alpha value is -2.10. The van der Waals surface area contributed by atoms with E-state index >= 15 is 0 Å². The summed E-state index contributed by atoms with van der Waals surface area (Å²) >= 11 is 0. The minimum atomic E-state index is -0.618. The van der Waals surface area contributed by atoms with Gasteiger partial charge in [-0.3, -0.25) is 0 Å². The lowest BCUT2D eigenvalue weighted by Gasteiger charge is -2.10. The molecular formula is C15H15F2NO. The first kappa shape index (κ1) is 13.3. The standard InChI is InChI=1S/C15H15F2NO/c1-2-10-3-4-15(14(18)7-10)19-9-11-5-12(16)8-13(17)6-11/h3-8H,2,9,18H2,1H3. The predicted octanol–water partition coefficient (Wildman–Crippen LogP) is 3.69. The van der Waals surface area contributed by atoms with Gasteiger partial charge in [0, 0.05) is 6.07 Å². The van der Waals surface area contributed by atoms with Crippen molar-refractivity contribution in [3.8, 4) is 5.75 Å². The molecule has 0 bridgehead atoms. The topological polar surface area (TPSA) is 35.2 Å². The molecule has 0 saturated heterocycles. The zero-order valence-corrected chi connectivity index (χ0v) is 10.6. The molecule has 0 aliphatic carbocycles. The molecule has 0 amide bonds. The second-order valence-electron chi connectivity index (χ2n) is 4.29. The van der Waals surface area contributed by atoms with Crippen LogP contribution in [0.2, 0.25) is 0 Å². The van der Waals surface area contributed by atoms with Gasteiger partial charge in [0.1, 0.15) is 24.0 Å². The summed E-state index contributed by atoms with van der Waals surface area (Å²) in [6.07, 6.45) is 0.888. The number of aryl methyl sites for hydroxylation is 1. The summed E-state index contributed by atoms with van der Waals surface area (Å²) in [5, 5.41) is 0. The number of ether oxygens (including phenoxy) is 1. The highest BCUT2D eigenvalue weighted by Crippen LogP contribution is 2.24. The van der Waals surface area contributed by atoms with Gasteiger partial charge in [-0.1, -0.05) is 13.0 Å². The average Bonchev–Trinajstić information content (AvgIpc) is 2.36. The molecule has 0 aliphatic heterocycles. The molecule has 2 rings (SSSR count).